The van der Waals surface area contributed by atoms with Gasteiger partial charge >= 0.3 is 0 Å². The normalized spacial score (nSPS) is 16.4. The molecular weight excluding hydrogens is 386 g/mol. The SMILES string of the molecule is C.C.NC1CCCc2ccc([N+](=O)[O-])cc21.O=C1CCCc2ccc([N+](=O)[O-])cc21. The van der Waals surface area contributed by atoms with E-state index in [1.54, 1.807) is 18.2 Å². The lowest BCUT2D eigenvalue weighted by atomic mass is 9.88. The van der Waals surface area contributed by atoms with Crippen LogP contribution in [-0.2, 0) is 12.8 Å². The van der Waals surface area contributed by atoms with Gasteiger partial charge in [0, 0.05) is 42.3 Å². The summed E-state index contributed by atoms with van der Waals surface area (Å²) in [6, 6.07) is 9.49. The smallest absolute Gasteiger partial charge is 0.270 e. The van der Waals surface area contributed by atoms with E-state index in [1.807, 2.05) is 6.07 Å². The first kappa shape index (κ1) is 24.9. The molecule has 2 N–H and O–H groups in total. The standard InChI is InChI=1S/C10H12N2O2.C10H9NO3.2CH4/c11-10-3-1-2-7-4-5-8(12(13)14)6-9(7)10;12-10-3-1-2-7-4-5-8(11(13)14)6-9(7)10;;/h4-6,10H,1-3,11H2;4-6H,1-3H2;2*1H4. The van der Waals surface area contributed by atoms with Crippen LogP contribution in [0.15, 0.2) is 36.4 Å². The molecule has 1 atom stereocenters. The van der Waals surface area contributed by atoms with Gasteiger partial charge in [-0.05, 0) is 48.8 Å². The Bertz CT molecular complexity index is 942. The van der Waals surface area contributed by atoms with Crippen molar-refractivity contribution in [3.8, 4) is 0 Å². The Morgan fingerprint density at radius 1 is 0.833 bits per heavy atom. The lowest BCUT2D eigenvalue weighted by molar-refractivity contribution is -0.385. The molecule has 0 bridgehead atoms. The number of ketones is 1. The van der Waals surface area contributed by atoms with Crippen LogP contribution in [0.3, 0.4) is 0 Å². The van der Waals surface area contributed by atoms with Crippen LogP contribution in [0.1, 0.15) is 73.6 Å². The van der Waals surface area contributed by atoms with Gasteiger partial charge < -0.3 is 5.73 Å². The molecule has 162 valence electrons. The van der Waals surface area contributed by atoms with Crippen LogP contribution < -0.4 is 5.73 Å². The average molecular weight is 415 g/mol. The summed E-state index contributed by atoms with van der Waals surface area (Å²) in [6.07, 6.45) is 5.19. The van der Waals surface area contributed by atoms with Crippen molar-refractivity contribution in [2.45, 2.75) is 59.4 Å². The van der Waals surface area contributed by atoms with Crippen LogP contribution in [-0.4, -0.2) is 15.6 Å². The Morgan fingerprint density at radius 2 is 1.40 bits per heavy atom. The lowest BCUT2D eigenvalue weighted by Crippen LogP contribution is -2.17. The van der Waals surface area contributed by atoms with Gasteiger partial charge in [0.25, 0.3) is 11.4 Å². The minimum atomic E-state index is -0.470. The third-order valence-corrected chi connectivity index (χ3v) is 5.16. The molecule has 8 nitrogen and oxygen atoms in total. The van der Waals surface area contributed by atoms with Crippen molar-refractivity contribution >= 4 is 17.2 Å². The second-order valence-corrected chi connectivity index (χ2v) is 7.01. The topological polar surface area (TPSA) is 129 Å². The first-order valence-corrected chi connectivity index (χ1v) is 9.20. The summed E-state index contributed by atoms with van der Waals surface area (Å²) < 4.78 is 0. The van der Waals surface area contributed by atoms with Gasteiger partial charge in [-0.15, -0.1) is 0 Å². The molecule has 8 heteroatoms. The van der Waals surface area contributed by atoms with Gasteiger partial charge in [-0.1, -0.05) is 27.0 Å². The fraction of sp³-hybridized carbons (Fsp3) is 0.409. The highest BCUT2D eigenvalue weighted by Gasteiger charge is 2.20. The van der Waals surface area contributed by atoms with E-state index >= 15 is 0 Å². The molecule has 0 saturated carbocycles. The molecule has 0 aromatic heterocycles. The van der Waals surface area contributed by atoms with Crippen molar-refractivity contribution < 1.29 is 14.6 Å². The molecule has 0 amide bonds. The first-order chi connectivity index (χ1) is 13.4. The number of hydrogen-bond acceptors (Lipinski definition) is 6. The number of benzene rings is 2. The van der Waals surface area contributed by atoms with E-state index in [1.165, 1.54) is 12.1 Å². The largest absolute Gasteiger partial charge is 0.324 e. The van der Waals surface area contributed by atoms with E-state index in [-0.39, 0.29) is 43.0 Å². The molecule has 0 aliphatic heterocycles. The Morgan fingerprint density at radius 3 is 2.03 bits per heavy atom. The second kappa shape index (κ2) is 10.6. The number of Topliss-reactive ketones (excluding diaryl/α,β-unsaturated/α-hetero) is 1. The van der Waals surface area contributed by atoms with Crippen molar-refractivity contribution in [2.24, 2.45) is 5.73 Å². The Kier molecular flexibility index (Phi) is 8.79. The fourth-order valence-electron chi connectivity index (χ4n) is 3.67. The van der Waals surface area contributed by atoms with Crippen molar-refractivity contribution in [1.82, 2.24) is 0 Å². The number of non-ortho nitro benzene ring substituents is 2. The van der Waals surface area contributed by atoms with Crippen molar-refractivity contribution in [3.63, 3.8) is 0 Å². The number of aryl methyl sites for hydroxylation is 2. The van der Waals surface area contributed by atoms with E-state index in [2.05, 4.69) is 0 Å². The van der Waals surface area contributed by atoms with E-state index < -0.39 is 4.92 Å². The van der Waals surface area contributed by atoms with Crippen LogP contribution in [0.2, 0.25) is 0 Å². The molecule has 1 unspecified atom stereocenters. The number of rotatable bonds is 2. The van der Waals surface area contributed by atoms with Crippen LogP contribution in [0, 0.1) is 20.2 Å². The summed E-state index contributed by atoms with van der Waals surface area (Å²) in [6.45, 7) is 0. The van der Waals surface area contributed by atoms with Gasteiger partial charge in [-0.25, -0.2) is 0 Å². The summed E-state index contributed by atoms with van der Waals surface area (Å²) >= 11 is 0. The molecule has 30 heavy (non-hydrogen) atoms. The van der Waals surface area contributed by atoms with Crippen molar-refractivity contribution in [2.75, 3.05) is 0 Å². The zero-order valence-electron chi connectivity index (χ0n) is 15.3. The molecule has 0 radical (unpaired) electrons. The fourth-order valence-corrected chi connectivity index (χ4v) is 3.67. The second-order valence-electron chi connectivity index (χ2n) is 7.01. The highest BCUT2D eigenvalue weighted by Crippen LogP contribution is 2.30. The summed E-state index contributed by atoms with van der Waals surface area (Å²) in [5, 5.41) is 21.0. The van der Waals surface area contributed by atoms with Crippen molar-refractivity contribution in [1.29, 1.82) is 0 Å². The van der Waals surface area contributed by atoms with E-state index in [4.69, 9.17) is 5.73 Å². The van der Waals surface area contributed by atoms with Gasteiger partial charge in [0.15, 0.2) is 5.78 Å². The van der Waals surface area contributed by atoms with Gasteiger partial charge in [0.05, 0.1) is 9.85 Å². The van der Waals surface area contributed by atoms with Crippen molar-refractivity contribution in [3.05, 3.63) is 78.9 Å². The monoisotopic (exact) mass is 415 g/mol. The van der Waals surface area contributed by atoms with Crippen LogP contribution in [0.4, 0.5) is 11.4 Å². The Labute approximate surface area is 176 Å². The minimum absolute atomic E-state index is 0. The summed E-state index contributed by atoms with van der Waals surface area (Å²) in [5.41, 5.74) is 9.61. The first-order valence-electron chi connectivity index (χ1n) is 9.20. The highest BCUT2D eigenvalue weighted by atomic mass is 16.6. The average Bonchev–Trinajstić information content (AvgIpc) is 2.68. The number of nitrogens with two attached hydrogens (primary N) is 1. The number of nitro groups is 2. The van der Waals surface area contributed by atoms with Gasteiger partial charge in [-0.2, -0.15) is 0 Å². The molecule has 0 saturated heterocycles. The molecule has 2 aliphatic carbocycles. The number of nitrogens with zero attached hydrogens (tertiary/aromatic N) is 2. The number of nitro benzene ring substituents is 2. The maximum Gasteiger partial charge on any atom is 0.270 e. The quantitative estimate of drug-likeness (QED) is 0.522. The molecule has 0 spiro atoms. The number of carbonyl (C=O) groups is 1. The van der Waals surface area contributed by atoms with E-state index in [9.17, 15) is 25.0 Å². The Balaban J connectivity index is 0.000000281. The predicted molar refractivity (Wildman–Crippen MR) is 117 cm³/mol. The highest BCUT2D eigenvalue weighted by molar-refractivity contribution is 5.99. The zero-order valence-corrected chi connectivity index (χ0v) is 15.3. The minimum Gasteiger partial charge on any atom is -0.324 e. The zero-order chi connectivity index (χ0) is 20.3. The van der Waals surface area contributed by atoms with Gasteiger partial charge in [0.2, 0.25) is 0 Å². The van der Waals surface area contributed by atoms with Gasteiger partial charge in [0.1, 0.15) is 0 Å². The summed E-state index contributed by atoms with van der Waals surface area (Å²) in [7, 11) is 0. The third kappa shape index (κ3) is 5.48. The lowest BCUT2D eigenvalue weighted by Gasteiger charge is -2.21. The van der Waals surface area contributed by atoms with Crippen LogP contribution >= 0.6 is 0 Å². The molecule has 4 rings (SSSR count). The predicted octanol–water partition coefficient (Wildman–Crippen LogP) is 5.32. The van der Waals surface area contributed by atoms with Crippen LogP contribution in [0.5, 0.6) is 0 Å². The summed E-state index contributed by atoms with van der Waals surface area (Å²) in [5.74, 6) is 0.0231. The maximum absolute atomic E-state index is 11.4. The maximum atomic E-state index is 11.4. The summed E-state index contributed by atoms with van der Waals surface area (Å²) in [4.78, 5) is 31.6. The van der Waals surface area contributed by atoms with Gasteiger partial charge in [-0.3, -0.25) is 25.0 Å². The molecule has 2 aliphatic rings. The third-order valence-electron chi connectivity index (χ3n) is 5.16. The Hall–Kier alpha value is -3.13. The molecule has 2 aromatic rings. The number of fused-ring (bicyclic) bond motifs is 2. The number of carbonyl (C=O) groups excluding carboxylic acids is 1. The molecule has 2 aromatic carbocycles. The number of hydrogen-bond donors (Lipinski definition) is 1. The van der Waals surface area contributed by atoms with E-state index in [0.29, 0.717) is 12.0 Å². The molecular formula is C22H29N3O5. The van der Waals surface area contributed by atoms with E-state index in [0.717, 1.165) is 48.8 Å². The molecule has 0 fully saturated rings. The molecule has 0 heterocycles. The van der Waals surface area contributed by atoms with Crippen LogP contribution in [0.25, 0.3) is 0 Å².